The van der Waals surface area contributed by atoms with E-state index < -0.39 is 0 Å². The fraction of sp³-hybridized carbons (Fsp3) is 0.500. The topological polar surface area (TPSA) is 59.0 Å². The highest BCUT2D eigenvalue weighted by Crippen LogP contribution is 2.16. The number of nitrogens with zero attached hydrogens (tertiary/aromatic N) is 2. The highest BCUT2D eigenvalue weighted by molar-refractivity contribution is 5.92. The smallest absolute Gasteiger partial charge is 0.272 e. The lowest BCUT2D eigenvalue weighted by Crippen LogP contribution is -2.40. The van der Waals surface area contributed by atoms with E-state index in [0.717, 1.165) is 31.5 Å². The molecular weight excluding hydrogens is 331 g/mol. The molecule has 6 heteroatoms. The van der Waals surface area contributed by atoms with Crippen LogP contribution in [0.15, 0.2) is 36.5 Å². The maximum Gasteiger partial charge on any atom is 0.272 e. The minimum absolute atomic E-state index is 0.0329. The van der Waals surface area contributed by atoms with Gasteiger partial charge in [-0.3, -0.25) is 9.48 Å². The Balaban J connectivity index is 1.64. The summed E-state index contributed by atoms with van der Waals surface area (Å²) in [4.78, 5) is 12.6. The summed E-state index contributed by atoms with van der Waals surface area (Å²) in [6.45, 7) is 6.08. The van der Waals surface area contributed by atoms with Crippen LogP contribution in [-0.4, -0.2) is 34.8 Å². The Morgan fingerprint density at radius 3 is 2.77 bits per heavy atom. The molecule has 5 nitrogen and oxygen atoms in total. The lowest BCUT2D eigenvalue weighted by Gasteiger charge is -2.23. The average molecular weight is 358 g/mol. The Hall–Kier alpha value is -2.21. The first-order valence-electron chi connectivity index (χ1n) is 9.34. The van der Waals surface area contributed by atoms with Crippen molar-refractivity contribution in [1.82, 2.24) is 20.4 Å². The van der Waals surface area contributed by atoms with Crippen LogP contribution in [0, 0.1) is 11.7 Å². The van der Waals surface area contributed by atoms with Crippen LogP contribution in [0.2, 0.25) is 0 Å². The van der Waals surface area contributed by atoms with Crippen molar-refractivity contribution in [2.45, 2.75) is 45.2 Å². The number of carbonyl (C=O) groups excluding carboxylic acids is 1. The summed E-state index contributed by atoms with van der Waals surface area (Å²) in [6, 6.07) is 8.49. The second-order valence-electron chi connectivity index (χ2n) is 7.34. The number of aromatic nitrogens is 2. The first kappa shape index (κ1) is 18.6. The summed E-state index contributed by atoms with van der Waals surface area (Å²) in [6.07, 6.45) is 4.75. The lowest BCUT2D eigenvalue weighted by atomic mass is 9.96. The van der Waals surface area contributed by atoms with Crippen molar-refractivity contribution in [2.75, 3.05) is 13.1 Å². The Labute approximate surface area is 154 Å². The lowest BCUT2D eigenvalue weighted by molar-refractivity contribution is 0.0919. The predicted octanol–water partition coefficient (Wildman–Crippen LogP) is 2.94. The van der Waals surface area contributed by atoms with E-state index in [1.165, 1.54) is 12.1 Å². The average Bonchev–Trinajstić information content (AvgIpc) is 3.14. The van der Waals surface area contributed by atoms with Gasteiger partial charge in [-0.1, -0.05) is 26.0 Å². The van der Waals surface area contributed by atoms with Crippen molar-refractivity contribution in [3.63, 3.8) is 0 Å². The molecule has 0 saturated carbocycles. The molecule has 140 valence electrons. The fourth-order valence-electron chi connectivity index (χ4n) is 3.29. The van der Waals surface area contributed by atoms with Crippen LogP contribution in [0.5, 0.6) is 0 Å². The van der Waals surface area contributed by atoms with Gasteiger partial charge in [0.05, 0.1) is 6.04 Å². The molecule has 1 saturated heterocycles. The van der Waals surface area contributed by atoms with Crippen molar-refractivity contribution in [2.24, 2.45) is 5.92 Å². The summed E-state index contributed by atoms with van der Waals surface area (Å²) in [7, 11) is 0. The third-order valence-electron chi connectivity index (χ3n) is 4.98. The van der Waals surface area contributed by atoms with Gasteiger partial charge in [0.1, 0.15) is 11.5 Å². The molecule has 1 amide bonds. The SMILES string of the molecule is CC(C)C(Cc1ccc(F)cc1)NC(=O)c1ccn(C2CCCNC2)n1. The fourth-order valence-corrected chi connectivity index (χ4v) is 3.29. The molecule has 26 heavy (non-hydrogen) atoms. The third kappa shape index (κ3) is 4.69. The van der Waals surface area contributed by atoms with E-state index in [9.17, 15) is 9.18 Å². The van der Waals surface area contributed by atoms with Crippen LogP contribution in [-0.2, 0) is 6.42 Å². The van der Waals surface area contributed by atoms with E-state index >= 15 is 0 Å². The molecule has 2 atom stereocenters. The van der Waals surface area contributed by atoms with E-state index in [-0.39, 0.29) is 23.7 Å². The van der Waals surface area contributed by atoms with Crippen LogP contribution in [0.4, 0.5) is 4.39 Å². The molecule has 0 spiro atoms. The van der Waals surface area contributed by atoms with Crippen molar-refractivity contribution in [3.05, 3.63) is 53.6 Å². The second kappa shape index (κ2) is 8.45. The molecular formula is C20H27FN4O. The second-order valence-corrected chi connectivity index (χ2v) is 7.34. The van der Waals surface area contributed by atoms with Crippen molar-refractivity contribution >= 4 is 5.91 Å². The number of amides is 1. The van der Waals surface area contributed by atoms with Gasteiger partial charge in [-0.15, -0.1) is 0 Å². The number of benzene rings is 1. The Morgan fingerprint density at radius 2 is 2.12 bits per heavy atom. The maximum absolute atomic E-state index is 13.1. The predicted molar refractivity (Wildman–Crippen MR) is 99.6 cm³/mol. The van der Waals surface area contributed by atoms with E-state index in [4.69, 9.17) is 0 Å². The molecule has 2 aromatic rings. The first-order chi connectivity index (χ1) is 12.5. The van der Waals surface area contributed by atoms with Crippen LogP contribution >= 0.6 is 0 Å². The summed E-state index contributed by atoms with van der Waals surface area (Å²) in [5.74, 6) is -0.149. The van der Waals surface area contributed by atoms with Crippen molar-refractivity contribution in [1.29, 1.82) is 0 Å². The molecule has 1 aromatic heterocycles. The standard InChI is InChI=1S/C20H27FN4O/c1-14(2)19(12-15-5-7-16(21)8-6-15)23-20(26)18-9-11-25(24-18)17-4-3-10-22-13-17/h5-9,11,14,17,19,22H,3-4,10,12-13H2,1-2H3,(H,23,26). The van der Waals surface area contributed by atoms with Gasteiger partial charge in [0, 0.05) is 18.8 Å². The Bertz CT molecular complexity index is 720. The minimum Gasteiger partial charge on any atom is -0.347 e. The van der Waals surface area contributed by atoms with Gasteiger partial charge in [-0.05, 0) is 55.5 Å². The number of nitrogens with one attached hydrogen (secondary N) is 2. The van der Waals surface area contributed by atoms with Crippen LogP contribution < -0.4 is 10.6 Å². The van der Waals surface area contributed by atoms with Gasteiger partial charge in [0.15, 0.2) is 0 Å². The molecule has 0 radical (unpaired) electrons. The molecule has 1 fully saturated rings. The Morgan fingerprint density at radius 1 is 1.35 bits per heavy atom. The molecule has 2 unspecified atom stereocenters. The Kier molecular flexibility index (Phi) is 6.04. The molecule has 0 aliphatic carbocycles. The summed E-state index contributed by atoms with van der Waals surface area (Å²) in [5, 5.41) is 10.9. The zero-order valence-electron chi connectivity index (χ0n) is 15.4. The highest BCUT2D eigenvalue weighted by atomic mass is 19.1. The van der Waals surface area contributed by atoms with Gasteiger partial charge in [-0.2, -0.15) is 5.10 Å². The van der Waals surface area contributed by atoms with Crippen molar-refractivity contribution in [3.8, 4) is 0 Å². The maximum atomic E-state index is 13.1. The first-order valence-corrected chi connectivity index (χ1v) is 9.34. The van der Waals surface area contributed by atoms with Crippen LogP contribution in [0.1, 0.15) is 48.8 Å². The quantitative estimate of drug-likeness (QED) is 0.835. The minimum atomic E-state index is -0.248. The van der Waals surface area contributed by atoms with E-state index in [0.29, 0.717) is 18.2 Å². The summed E-state index contributed by atoms with van der Waals surface area (Å²) < 4.78 is 15.0. The van der Waals surface area contributed by atoms with Crippen molar-refractivity contribution < 1.29 is 9.18 Å². The number of piperidine rings is 1. The third-order valence-corrected chi connectivity index (χ3v) is 4.98. The number of hydrogen-bond acceptors (Lipinski definition) is 3. The summed E-state index contributed by atoms with van der Waals surface area (Å²) >= 11 is 0. The number of rotatable bonds is 6. The van der Waals surface area contributed by atoms with E-state index in [1.54, 1.807) is 18.2 Å². The van der Waals surface area contributed by atoms with Gasteiger partial charge in [-0.25, -0.2) is 4.39 Å². The summed E-state index contributed by atoms with van der Waals surface area (Å²) in [5.41, 5.74) is 1.45. The van der Waals surface area contributed by atoms with Gasteiger partial charge < -0.3 is 10.6 Å². The number of halogens is 1. The van der Waals surface area contributed by atoms with E-state index in [1.807, 2.05) is 10.9 Å². The molecule has 1 aromatic carbocycles. The van der Waals surface area contributed by atoms with Crippen LogP contribution in [0.25, 0.3) is 0 Å². The molecule has 1 aliphatic heterocycles. The normalized spacial score (nSPS) is 18.7. The molecule has 2 heterocycles. The zero-order chi connectivity index (χ0) is 18.5. The van der Waals surface area contributed by atoms with Gasteiger partial charge >= 0.3 is 0 Å². The monoisotopic (exact) mass is 358 g/mol. The number of hydrogen-bond donors (Lipinski definition) is 2. The van der Waals surface area contributed by atoms with Crippen LogP contribution in [0.3, 0.4) is 0 Å². The van der Waals surface area contributed by atoms with Gasteiger partial charge in [0.2, 0.25) is 0 Å². The highest BCUT2D eigenvalue weighted by Gasteiger charge is 2.21. The van der Waals surface area contributed by atoms with Gasteiger partial charge in [0.25, 0.3) is 5.91 Å². The zero-order valence-corrected chi connectivity index (χ0v) is 15.4. The largest absolute Gasteiger partial charge is 0.347 e. The molecule has 2 N–H and O–H groups in total. The molecule has 0 bridgehead atoms. The van der Waals surface area contributed by atoms with E-state index in [2.05, 4.69) is 29.6 Å². The molecule has 1 aliphatic rings. The number of carbonyl (C=O) groups is 1. The molecule has 3 rings (SSSR count).